The second kappa shape index (κ2) is 16.0. The second-order valence-corrected chi connectivity index (χ2v) is 12.3. The largest absolute Gasteiger partial charge is 0.387 e. The van der Waals surface area contributed by atoms with Gasteiger partial charge in [-0.15, -0.1) is 0 Å². The minimum absolute atomic E-state index is 0.0662. The van der Waals surface area contributed by atoms with Gasteiger partial charge in [0.15, 0.2) is 0 Å². The van der Waals surface area contributed by atoms with Crippen LogP contribution in [-0.4, -0.2) is 34.5 Å². The molecule has 0 radical (unpaired) electrons. The molecule has 5 rings (SSSR count). The number of primary amides is 1. The van der Waals surface area contributed by atoms with Gasteiger partial charge in [0.1, 0.15) is 11.2 Å². The quantitative estimate of drug-likeness (QED) is 0.111. The summed E-state index contributed by atoms with van der Waals surface area (Å²) >= 11 is 0. The van der Waals surface area contributed by atoms with Crippen LogP contribution in [-0.2, 0) is 40.8 Å². The Kier molecular flexibility index (Phi) is 11.3. The van der Waals surface area contributed by atoms with Gasteiger partial charge in [0.2, 0.25) is 11.8 Å². The lowest BCUT2D eigenvalue weighted by atomic mass is 9.70. The molecule has 0 fully saturated rings. The van der Waals surface area contributed by atoms with Gasteiger partial charge in [-0.05, 0) is 59.2 Å². The van der Waals surface area contributed by atoms with Crippen LogP contribution in [0.3, 0.4) is 0 Å². The molecule has 5 aromatic rings. The fraction of sp³-hybridized carbons (Fsp3) is 0.225. The van der Waals surface area contributed by atoms with Gasteiger partial charge in [0.25, 0.3) is 0 Å². The van der Waals surface area contributed by atoms with Crippen molar-refractivity contribution in [3.63, 3.8) is 0 Å². The average molecular weight is 642 g/mol. The molecule has 0 bridgehead atoms. The maximum Gasteiger partial charge on any atom is 0.232 e. The first kappa shape index (κ1) is 34.0. The van der Waals surface area contributed by atoms with Crippen LogP contribution in [0.2, 0.25) is 0 Å². The summed E-state index contributed by atoms with van der Waals surface area (Å²) in [6.07, 6.45) is 2.34. The van der Waals surface area contributed by atoms with E-state index in [0.29, 0.717) is 30.9 Å². The zero-order valence-electron chi connectivity index (χ0n) is 27.2. The van der Waals surface area contributed by atoms with Crippen LogP contribution in [0, 0.1) is 0 Å². The van der Waals surface area contributed by atoms with Crippen LogP contribution in [0.4, 0.5) is 5.82 Å². The van der Waals surface area contributed by atoms with Crippen LogP contribution < -0.4 is 22.1 Å². The first-order valence-electron chi connectivity index (χ1n) is 16.2. The molecule has 1 aromatic heterocycles. The van der Waals surface area contributed by atoms with Gasteiger partial charge in [-0.2, -0.15) is 0 Å². The van der Waals surface area contributed by atoms with Crippen molar-refractivity contribution in [3.05, 3.63) is 166 Å². The molecule has 0 aliphatic carbocycles. The van der Waals surface area contributed by atoms with Crippen molar-refractivity contribution < 1.29 is 14.7 Å². The molecule has 0 saturated carbocycles. The molecule has 0 aliphatic heterocycles. The molecule has 0 spiro atoms. The van der Waals surface area contributed by atoms with E-state index in [2.05, 4.69) is 28.6 Å². The lowest BCUT2D eigenvalue weighted by molar-refractivity contribution is -0.122. The third kappa shape index (κ3) is 8.73. The molecular weight excluding hydrogens is 598 g/mol. The Balaban J connectivity index is 1.14. The Morgan fingerprint density at radius 1 is 0.792 bits per heavy atom. The maximum absolute atomic E-state index is 13.2. The smallest absolute Gasteiger partial charge is 0.232 e. The number of anilines is 1. The first-order valence-corrected chi connectivity index (χ1v) is 16.2. The number of pyridine rings is 1. The van der Waals surface area contributed by atoms with E-state index in [1.807, 2.05) is 103 Å². The number of aliphatic hydroxyl groups excluding tert-OH is 1. The third-order valence-electron chi connectivity index (χ3n) is 8.69. The van der Waals surface area contributed by atoms with Crippen molar-refractivity contribution in [2.75, 3.05) is 12.3 Å². The predicted molar refractivity (Wildman–Crippen MR) is 190 cm³/mol. The number of carbonyl (C=O) groups excluding carboxylic acids is 2. The van der Waals surface area contributed by atoms with E-state index in [9.17, 15) is 14.7 Å². The van der Waals surface area contributed by atoms with E-state index in [-0.39, 0.29) is 18.4 Å². The molecule has 2 amide bonds. The Morgan fingerprint density at radius 3 is 2.02 bits per heavy atom. The van der Waals surface area contributed by atoms with Gasteiger partial charge in [-0.25, -0.2) is 4.98 Å². The van der Waals surface area contributed by atoms with Crippen molar-refractivity contribution in [1.29, 1.82) is 0 Å². The topological polar surface area (TPSA) is 143 Å². The Hall–Kier alpha value is -5.31. The summed E-state index contributed by atoms with van der Waals surface area (Å²) in [5.41, 5.74) is 17.1. The molecule has 0 unspecified atom stereocenters. The van der Waals surface area contributed by atoms with E-state index in [1.165, 1.54) is 0 Å². The number of hydrogen-bond donors (Lipinski definition) is 5. The number of aromatic nitrogens is 1. The number of benzene rings is 4. The monoisotopic (exact) mass is 641 g/mol. The second-order valence-electron chi connectivity index (χ2n) is 12.3. The first-order chi connectivity index (χ1) is 23.2. The standard InChI is InChI=1S/C40H43N5O3/c1-28(43-27-36(46)33-19-20-37(41)44-26-33)21-31-9-8-10-32(22-31)23-38(47)45-25-30-17-15-29(16-18-30)24-40(39(42)48,34-11-4-2-5-12-34)35-13-6-3-7-14-35/h2-20,22,26,28,36,43,46H,21,23-25,27H2,1H3,(H2,41,44)(H2,42,48)(H,45,47)/t28-,36+/m1/s1. The van der Waals surface area contributed by atoms with Gasteiger partial charge in [-0.1, -0.05) is 115 Å². The number of nitrogens with zero attached hydrogens (tertiary/aromatic N) is 1. The molecule has 0 saturated heterocycles. The highest BCUT2D eigenvalue weighted by Gasteiger charge is 2.40. The number of amides is 2. The number of nitrogens with two attached hydrogens (primary N) is 2. The van der Waals surface area contributed by atoms with Crippen molar-refractivity contribution >= 4 is 17.6 Å². The van der Waals surface area contributed by atoms with Gasteiger partial charge in [0, 0.05) is 30.9 Å². The van der Waals surface area contributed by atoms with Gasteiger partial charge in [0.05, 0.1) is 12.5 Å². The predicted octanol–water partition coefficient (Wildman–Crippen LogP) is 4.79. The SMILES string of the molecule is C[C@H](Cc1cccc(CC(=O)NCc2ccc(CC(C(N)=O)(c3ccccc3)c3ccccc3)cc2)c1)NC[C@H](O)c1ccc(N)nc1. The van der Waals surface area contributed by atoms with Crippen molar-refractivity contribution in [2.45, 2.75) is 50.3 Å². The average Bonchev–Trinajstić information content (AvgIpc) is 3.10. The summed E-state index contributed by atoms with van der Waals surface area (Å²) in [4.78, 5) is 30.1. The number of hydrogen-bond acceptors (Lipinski definition) is 6. The minimum Gasteiger partial charge on any atom is -0.387 e. The molecule has 7 N–H and O–H groups in total. The lowest BCUT2D eigenvalue weighted by Crippen LogP contribution is -2.44. The molecule has 0 aliphatic rings. The van der Waals surface area contributed by atoms with Gasteiger partial charge >= 0.3 is 0 Å². The van der Waals surface area contributed by atoms with Crippen molar-refractivity contribution in [3.8, 4) is 0 Å². The maximum atomic E-state index is 13.2. The van der Waals surface area contributed by atoms with Crippen LogP contribution in [0.1, 0.15) is 52.0 Å². The van der Waals surface area contributed by atoms with Crippen LogP contribution in [0.5, 0.6) is 0 Å². The summed E-state index contributed by atoms with van der Waals surface area (Å²) in [5.74, 6) is -0.0524. The highest BCUT2D eigenvalue weighted by molar-refractivity contribution is 5.91. The molecular formula is C40H43N5O3. The summed E-state index contributed by atoms with van der Waals surface area (Å²) in [7, 11) is 0. The molecule has 246 valence electrons. The zero-order chi connectivity index (χ0) is 33.9. The lowest BCUT2D eigenvalue weighted by Gasteiger charge is -2.32. The summed E-state index contributed by atoms with van der Waals surface area (Å²) in [5, 5.41) is 16.9. The molecule has 2 atom stereocenters. The van der Waals surface area contributed by atoms with Crippen LogP contribution in [0.25, 0.3) is 0 Å². The number of nitrogen functional groups attached to an aromatic ring is 1. The molecule has 1 heterocycles. The van der Waals surface area contributed by atoms with Crippen molar-refractivity contribution in [1.82, 2.24) is 15.6 Å². The number of rotatable bonds is 15. The van der Waals surface area contributed by atoms with Crippen molar-refractivity contribution in [2.24, 2.45) is 5.73 Å². The molecule has 8 nitrogen and oxygen atoms in total. The Labute approximate surface area is 282 Å². The Morgan fingerprint density at radius 2 is 1.42 bits per heavy atom. The highest BCUT2D eigenvalue weighted by Crippen LogP contribution is 2.36. The molecule has 48 heavy (non-hydrogen) atoms. The fourth-order valence-electron chi connectivity index (χ4n) is 6.05. The number of nitrogens with one attached hydrogen (secondary N) is 2. The fourth-order valence-corrected chi connectivity index (χ4v) is 6.05. The normalized spacial score (nSPS) is 12.6. The third-order valence-corrected chi connectivity index (χ3v) is 8.69. The van der Waals surface area contributed by atoms with E-state index in [4.69, 9.17) is 11.5 Å². The molecule has 4 aromatic carbocycles. The Bertz CT molecular complexity index is 1740. The summed E-state index contributed by atoms with van der Waals surface area (Å²) < 4.78 is 0. The minimum atomic E-state index is -1.02. The van der Waals surface area contributed by atoms with E-state index < -0.39 is 17.4 Å². The molecule has 8 heteroatoms. The van der Waals surface area contributed by atoms with Gasteiger partial charge in [-0.3, -0.25) is 9.59 Å². The van der Waals surface area contributed by atoms with Crippen LogP contribution >= 0.6 is 0 Å². The summed E-state index contributed by atoms with van der Waals surface area (Å²) in [6, 6.07) is 38.9. The van der Waals surface area contributed by atoms with E-state index in [0.717, 1.165) is 39.8 Å². The number of carbonyl (C=O) groups is 2. The van der Waals surface area contributed by atoms with E-state index >= 15 is 0 Å². The van der Waals surface area contributed by atoms with Crippen LogP contribution in [0.15, 0.2) is 128 Å². The van der Waals surface area contributed by atoms with E-state index in [1.54, 1.807) is 18.3 Å². The summed E-state index contributed by atoms with van der Waals surface area (Å²) in [6.45, 7) is 2.85. The van der Waals surface area contributed by atoms with Gasteiger partial charge < -0.3 is 27.2 Å². The zero-order valence-corrected chi connectivity index (χ0v) is 27.2. The highest BCUT2D eigenvalue weighted by atomic mass is 16.3. The number of aliphatic hydroxyl groups is 1.